The Hall–Kier alpha value is -1.34. The highest BCUT2D eigenvalue weighted by Gasteiger charge is 2.40. The number of ether oxygens (including phenoxy) is 1. The van der Waals surface area contributed by atoms with Crippen LogP contribution in [0.3, 0.4) is 0 Å². The van der Waals surface area contributed by atoms with Crippen LogP contribution in [0.4, 0.5) is 13.2 Å². The Balaban J connectivity index is 1.70. The van der Waals surface area contributed by atoms with Crippen molar-refractivity contribution in [3.8, 4) is 5.88 Å². The van der Waals surface area contributed by atoms with Gasteiger partial charge in [0.25, 0.3) is 0 Å². The van der Waals surface area contributed by atoms with Gasteiger partial charge in [0.05, 0.1) is 11.7 Å². The number of fused-ring (bicyclic) bond motifs is 2. The van der Waals surface area contributed by atoms with Gasteiger partial charge in [0.2, 0.25) is 5.88 Å². The van der Waals surface area contributed by atoms with Crippen LogP contribution in [0.5, 0.6) is 5.88 Å². The Morgan fingerprint density at radius 1 is 1.18 bits per heavy atom. The Bertz CT molecular complexity index is 493. The molecule has 1 unspecified atom stereocenters. The lowest BCUT2D eigenvalue weighted by molar-refractivity contribution is -0.191. The molecule has 1 aromatic rings. The first-order valence-electron chi connectivity index (χ1n) is 7.49. The number of aromatic nitrogens is 1. The number of hydroxylamine groups is 2. The van der Waals surface area contributed by atoms with Gasteiger partial charge in [0.15, 0.2) is 0 Å². The van der Waals surface area contributed by atoms with E-state index in [9.17, 15) is 13.2 Å². The van der Waals surface area contributed by atoms with Crippen LogP contribution in [-0.2, 0) is 10.9 Å². The molecule has 7 heteroatoms. The summed E-state index contributed by atoms with van der Waals surface area (Å²) >= 11 is 0. The topological polar surface area (TPSA) is 34.6 Å². The zero-order chi connectivity index (χ0) is 15.7. The molecular formula is C15H19F3N2O2. The monoisotopic (exact) mass is 316 g/mol. The van der Waals surface area contributed by atoms with Crippen LogP contribution in [0.2, 0.25) is 0 Å². The molecule has 0 radical (unpaired) electrons. The van der Waals surface area contributed by atoms with E-state index in [-0.39, 0.29) is 24.1 Å². The molecule has 2 bridgehead atoms. The Morgan fingerprint density at radius 3 is 2.36 bits per heavy atom. The number of nitrogens with zero attached hydrogens (tertiary/aromatic N) is 2. The number of rotatable bonds is 3. The van der Waals surface area contributed by atoms with Crippen LogP contribution in [0, 0.1) is 0 Å². The lowest BCUT2D eigenvalue weighted by atomic mass is 9.85. The van der Waals surface area contributed by atoms with E-state index in [0.717, 1.165) is 44.4 Å². The minimum absolute atomic E-state index is 0.209. The molecule has 122 valence electrons. The summed E-state index contributed by atoms with van der Waals surface area (Å²) in [6.45, 7) is 0. The van der Waals surface area contributed by atoms with E-state index in [1.807, 2.05) is 5.06 Å². The summed E-state index contributed by atoms with van der Waals surface area (Å²) in [6.07, 6.45) is 1.60. The van der Waals surface area contributed by atoms with Crippen molar-refractivity contribution >= 4 is 0 Å². The van der Waals surface area contributed by atoms with E-state index in [1.54, 1.807) is 7.11 Å². The molecule has 3 rings (SSSR count). The van der Waals surface area contributed by atoms with Crippen LogP contribution in [0.1, 0.15) is 37.7 Å². The van der Waals surface area contributed by atoms with Crippen molar-refractivity contribution in [2.75, 3.05) is 7.11 Å². The smallest absolute Gasteiger partial charge is 0.385 e. The van der Waals surface area contributed by atoms with E-state index in [2.05, 4.69) is 4.98 Å². The van der Waals surface area contributed by atoms with Crippen LogP contribution < -0.4 is 4.84 Å². The number of hydrogen-bond acceptors (Lipinski definition) is 4. The molecule has 0 amide bonds. The highest BCUT2D eigenvalue weighted by atomic mass is 19.4. The molecule has 2 saturated heterocycles. The van der Waals surface area contributed by atoms with E-state index in [4.69, 9.17) is 9.57 Å². The molecule has 22 heavy (non-hydrogen) atoms. The minimum Gasteiger partial charge on any atom is -0.385 e. The summed E-state index contributed by atoms with van der Waals surface area (Å²) in [7, 11) is 1.72. The maximum Gasteiger partial charge on any atom is 0.417 e. The van der Waals surface area contributed by atoms with Crippen molar-refractivity contribution in [1.29, 1.82) is 0 Å². The third-order valence-electron chi connectivity index (χ3n) is 4.46. The third-order valence-corrected chi connectivity index (χ3v) is 4.46. The Labute approximate surface area is 127 Å². The second kappa shape index (κ2) is 6.04. The maximum atomic E-state index is 12.5. The van der Waals surface area contributed by atoms with Crippen molar-refractivity contribution in [3.63, 3.8) is 0 Å². The number of piperidine rings is 2. The van der Waals surface area contributed by atoms with Crippen LogP contribution in [0.25, 0.3) is 0 Å². The van der Waals surface area contributed by atoms with Crippen LogP contribution in [0.15, 0.2) is 18.3 Å². The molecule has 3 heterocycles. The lowest BCUT2D eigenvalue weighted by Gasteiger charge is -2.46. The van der Waals surface area contributed by atoms with Gasteiger partial charge in [-0.3, -0.25) is 0 Å². The number of alkyl halides is 3. The largest absolute Gasteiger partial charge is 0.417 e. The molecule has 4 nitrogen and oxygen atoms in total. The molecular weight excluding hydrogens is 297 g/mol. The van der Waals surface area contributed by atoms with E-state index < -0.39 is 11.7 Å². The van der Waals surface area contributed by atoms with Crippen molar-refractivity contribution in [2.45, 2.75) is 56.5 Å². The first-order valence-corrected chi connectivity index (χ1v) is 7.49. The Morgan fingerprint density at radius 2 is 1.86 bits per heavy atom. The molecule has 2 aliphatic heterocycles. The molecule has 0 aromatic carbocycles. The van der Waals surface area contributed by atoms with Crippen LogP contribution in [-0.4, -0.2) is 35.3 Å². The fourth-order valence-corrected chi connectivity index (χ4v) is 3.34. The molecule has 0 spiro atoms. The lowest BCUT2D eigenvalue weighted by Crippen LogP contribution is -2.55. The standard InChI is InChI=1S/C15H19F3N2O2/c1-21-13-7-11-3-2-4-12(8-13)20(11)22-14-6-5-10(9-19-14)15(16,17)18/h5-6,9,11-13H,2-4,7-8H2,1H3/t11-,12+,13?. The average molecular weight is 316 g/mol. The summed E-state index contributed by atoms with van der Waals surface area (Å²) in [5, 5.41) is 1.91. The van der Waals surface area contributed by atoms with Crippen molar-refractivity contribution in [1.82, 2.24) is 10.0 Å². The number of pyridine rings is 1. The summed E-state index contributed by atoms with van der Waals surface area (Å²) in [5.41, 5.74) is -0.766. The van der Waals surface area contributed by atoms with Gasteiger partial charge in [-0.1, -0.05) is 6.42 Å². The van der Waals surface area contributed by atoms with Crippen molar-refractivity contribution < 1.29 is 22.7 Å². The van der Waals surface area contributed by atoms with Crippen molar-refractivity contribution in [3.05, 3.63) is 23.9 Å². The fraction of sp³-hybridized carbons (Fsp3) is 0.667. The van der Waals surface area contributed by atoms with Gasteiger partial charge < -0.3 is 9.57 Å². The van der Waals surface area contributed by atoms with E-state index >= 15 is 0 Å². The second-order valence-corrected chi connectivity index (χ2v) is 5.90. The van der Waals surface area contributed by atoms with Gasteiger partial charge >= 0.3 is 6.18 Å². The molecule has 0 N–H and O–H groups in total. The fourth-order valence-electron chi connectivity index (χ4n) is 3.34. The molecule has 2 aliphatic rings. The summed E-state index contributed by atoms with van der Waals surface area (Å²) in [6, 6.07) is 2.75. The highest BCUT2D eigenvalue weighted by molar-refractivity contribution is 5.20. The normalized spacial score (nSPS) is 29.4. The van der Waals surface area contributed by atoms with Crippen LogP contribution >= 0.6 is 0 Å². The van der Waals surface area contributed by atoms with Gasteiger partial charge in [-0.05, 0) is 31.7 Å². The molecule has 3 atom stereocenters. The summed E-state index contributed by atoms with van der Waals surface area (Å²) in [4.78, 5) is 9.57. The first-order chi connectivity index (χ1) is 10.5. The number of hydrogen-bond donors (Lipinski definition) is 0. The average Bonchev–Trinajstić information content (AvgIpc) is 2.46. The molecule has 0 aliphatic carbocycles. The number of halogens is 3. The molecule has 2 fully saturated rings. The Kier molecular flexibility index (Phi) is 4.27. The first kappa shape index (κ1) is 15.6. The zero-order valence-electron chi connectivity index (χ0n) is 12.3. The van der Waals surface area contributed by atoms with Gasteiger partial charge in [0.1, 0.15) is 0 Å². The second-order valence-electron chi connectivity index (χ2n) is 5.90. The SMILES string of the molecule is COC1C[C@H]2CCC[C@@H](C1)N2Oc1ccc(C(F)(F)F)cn1. The molecule has 1 aromatic heterocycles. The summed E-state index contributed by atoms with van der Waals surface area (Å²) < 4.78 is 43.1. The molecule has 0 saturated carbocycles. The van der Waals surface area contributed by atoms with Crippen molar-refractivity contribution in [2.24, 2.45) is 0 Å². The number of methoxy groups -OCH3 is 1. The van der Waals surface area contributed by atoms with Gasteiger partial charge in [-0.2, -0.15) is 13.2 Å². The van der Waals surface area contributed by atoms with Gasteiger partial charge in [-0.15, -0.1) is 5.06 Å². The predicted octanol–water partition coefficient (Wildman–Crippen LogP) is 3.43. The van der Waals surface area contributed by atoms with E-state index in [1.165, 1.54) is 6.07 Å². The zero-order valence-corrected chi connectivity index (χ0v) is 12.3. The highest BCUT2D eigenvalue weighted by Crippen LogP contribution is 2.36. The maximum absolute atomic E-state index is 12.5. The van der Waals surface area contributed by atoms with Gasteiger partial charge in [-0.25, -0.2) is 4.98 Å². The quantitative estimate of drug-likeness (QED) is 0.856. The van der Waals surface area contributed by atoms with E-state index in [0.29, 0.717) is 0 Å². The minimum atomic E-state index is -4.38. The third kappa shape index (κ3) is 3.20. The predicted molar refractivity (Wildman–Crippen MR) is 73.2 cm³/mol. The van der Waals surface area contributed by atoms with Gasteiger partial charge in [0, 0.05) is 31.5 Å². The summed E-state index contributed by atoms with van der Waals surface area (Å²) in [5.74, 6) is 0.209.